The van der Waals surface area contributed by atoms with Crippen molar-refractivity contribution in [2.45, 2.75) is 45.1 Å². The molecule has 1 aromatic heterocycles. The molecule has 3 aromatic carbocycles. The molecule has 0 saturated carbocycles. The highest BCUT2D eigenvalue weighted by Gasteiger charge is 2.25. The fourth-order valence-corrected chi connectivity index (χ4v) is 4.88. The summed E-state index contributed by atoms with van der Waals surface area (Å²) < 4.78 is 12.0. The van der Waals surface area contributed by atoms with Crippen LogP contribution in [0.25, 0.3) is 22.6 Å². The number of aryl methyl sites for hydroxylation is 2. The first kappa shape index (κ1) is 23.8. The fraction of sp³-hybridized carbons (Fsp3) is 0.267. The zero-order valence-corrected chi connectivity index (χ0v) is 20.2. The summed E-state index contributed by atoms with van der Waals surface area (Å²) in [6.45, 7) is 2.42. The number of hydrogen-bond donors (Lipinski definition) is 2. The number of aliphatic hydroxyl groups excluding tert-OH is 1. The van der Waals surface area contributed by atoms with Crippen molar-refractivity contribution in [2.75, 3.05) is 6.61 Å². The molecule has 0 bridgehead atoms. The number of aliphatic hydroxyl groups is 1. The van der Waals surface area contributed by atoms with Gasteiger partial charge in [0.05, 0.1) is 25.3 Å². The molecule has 0 saturated heterocycles. The van der Waals surface area contributed by atoms with Crippen molar-refractivity contribution in [3.05, 3.63) is 94.9 Å². The molecule has 1 aliphatic rings. The summed E-state index contributed by atoms with van der Waals surface area (Å²) in [5.41, 5.74) is 7.09. The molecular formula is C30H29NO5. The van der Waals surface area contributed by atoms with Crippen LogP contribution in [0.1, 0.15) is 46.9 Å². The van der Waals surface area contributed by atoms with Gasteiger partial charge in [0.1, 0.15) is 11.5 Å². The number of oxazole rings is 1. The molecule has 0 unspecified atom stereocenters. The molecule has 5 rings (SSSR count). The Morgan fingerprint density at radius 2 is 1.86 bits per heavy atom. The van der Waals surface area contributed by atoms with Crippen molar-refractivity contribution >= 4 is 5.97 Å². The van der Waals surface area contributed by atoms with Gasteiger partial charge in [0.2, 0.25) is 5.89 Å². The van der Waals surface area contributed by atoms with Gasteiger partial charge in [-0.05, 0) is 77.8 Å². The lowest BCUT2D eigenvalue weighted by Crippen LogP contribution is -2.04. The number of ether oxygens (including phenoxy) is 1. The maximum Gasteiger partial charge on any atom is 0.303 e. The molecule has 6 nitrogen and oxygen atoms in total. The number of nitrogens with zero attached hydrogens (tertiary/aromatic N) is 1. The van der Waals surface area contributed by atoms with E-state index < -0.39 is 5.97 Å². The maximum absolute atomic E-state index is 11.1. The minimum absolute atomic E-state index is 0.0299. The normalized spacial score (nSPS) is 14.6. The maximum atomic E-state index is 11.1. The Bertz CT molecular complexity index is 1370. The number of hydrogen-bond acceptors (Lipinski definition) is 5. The van der Waals surface area contributed by atoms with Crippen molar-refractivity contribution in [1.29, 1.82) is 0 Å². The molecule has 0 aliphatic heterocycles. The molecule has 0 amide bonds. The number of fused-ring (bicyclic) bond motifs is 1. The minimum atomic E-state index is -0.751. The summed E-state index contributed by atoms with van der Waals surface area (Å²) in [7, 11) is 0. The van der Waals surface area contributed by atoms with E-state index in [1.54, 1.807) is 0 Å². The molecule has 0 spiro atoms. The summed E-state index contributed by atoms with van der Waals surface area (Å²) in [6, 6.07) is 21.9. The van der Waals surface area contributed by atoms with Gasteiger partial charge in [-0.3, -0.25) is 4.79 Å². The van der Waals surface area contributed by atoms with E-state index >= 15 is 0 Å². The lowest BCUT2D eigenvalue weighted by Gasteiger charge is -2.10. The third-order valence-corrected chi connectivity index (χ3v) is 6.82. The number of aromatic nitrogens is 1. The highest BCUT2D eigenvalue weighted by atomic mass is 16.5. The van der Waals surface area contributed by atoms with Crippen LogP contribution in [-0.2, 0) is 24.2 Å². The Labute approximate surface area is 210 Å². The van der Waals surface area contributed by atoms with E-state index in [0.29, 0.717) is 18.9 Å². The first-order chi connectivity index (χ1) is 17.5. The summed E-state index contributed by atoms with van der Waals surface area (Å²) >= 11 is 0. The van der Waals surface area contributed by atoms with E-state index in [4.69, 9.17) is 19.2 Å². The third-order valence-electron chi connectivity index (χ3n) is 6.82. The standard InChI is InChI=1S/C30H29NO5/c1-19-28(13-14-35-26-11-12-27-23(16-26)9-10-24(27)17-29(33)34)31-30(36-19)25-4-2-3-22(15-25)21-7-5-20(18-32)6-8-21/h2-8,11-12,15-16,24,32H,9-10,13-14,17-18H2,1H3,(H,33,34)/t24-/m0/s1. The topological polar surface area (TPSA) is 92.8 Å². The predicted molar refractivity (Wildman–Crippen MR) is 137 cm³/mol. The van der Waals surface area contributed by atoms with Gasteiger partial charge >= 0.3 is 5.97 Å². The minimum Gasteiger partial charge on any atom is -0.493 e. The largest absolute Gasteiger partial charge is 0.493 e. The lowest BCUT2D eigenvalue weighted by molar-refractivity contribution is -0.137. The first-order valence-corrected chi connectivity index (χ1v) is 12.2. The number of aliphatic carboxylic acids is 1. The number of carbonyl (C=O) groups is 1. The Hall–Kier alpha value is -3.90. The average Bonchev–Trinajstić information content (AvgIpc) is 3.46. The number of benzene rings is 3. The van der Waals surface area contributed by atoms with Crippen LogP contribution in [0.3, 0.4) is 0 Å². The molecular weight excluding hydrogens is 454 g/mol. The Morgan fingerprint density at radius 3 is 2.64 bits per heavy atom. The lowest BCUT2D eigenvalue weighted by atomic mass is 9.98. The second-order valence-corrected chi connectivity index (χ2v) is 9.25. The highest BCUT2D eigenvalue weighted by molar-refractivity contribution is 5.70. The van der Waals surface area contributed by atoms with Crippen LogP contribution >= 0.6 is 0 Å². The SMILES string of the molecule is Cc1oc(-c2cccc(-c3ccc(CO)cc3)c2)nc1CCOc1ccc2c(c1)CC[C@H]2CC(=O)O. The molecule has 1 aliphatic carbocycles. The van der Waals surface area contributed by atoms with Crippen LogP contribution in [0.2, 0.25) is 0 Å². The predicted octanol–water partition coefficient (Wildman–Crippen LogP) is 5.94. The molecule has 1 atom stereocenters. The third kappa shape index (κ3) is 5.19. The van der Waals surface area contributed by atoms with Crippen LogP contribution in [0.4, 0.5) is 0 Å². The second-order valence-electron chi connectivity index (χ2n) is 9.25. The van der Waals surface area contributed by atoms with Gasteiger partial charge in [0.15, 0.2) is 0 Å². The zero-order valence-electron chi connectivity index (χ0n) is 20.2. The molecule has 0 fully saturated rings. The molecule has 1 heterocycles. The zero-order chi connectivity index (χ0) is 25.1. The summed E-state index contributed by atoms with van der Waals surface area (Å²) in [6.07, 6.45) is 2.57. The van der Waals surface area contributed by atoms with Crippen LogP contribution in [0.5, 0.6) is 5.75 Å². The van der Waals surface area contributed by atoms with Crippen molar-refractivity contribution in [3.63, 3.8) is 0 Å². The smallest absolute Gasteiger partial charge is 0.303 e. The van der Waals surface area contributed by atoms with Gasteiger partial charge in [-0.2, -0.15) is 0 Å². The summed E-state index contributed by atoms with van der Waals surface area (Å²) in [4.78, 5) is 15.8. The molecule has 0 radical (unpaired) electrons. The molecule has 184 valence electrons. The molecule has 2 N–H and O–H groups in total. The van der Waals surface area contributed by atoms with Gasteiger partial charge in [-0.1, -0.05) is 42.5 Å². The van der Waals surface area contributed by atoms with Crippen molar-refractivity contribution in [3.8, 4) is 28.3 Å². The number of carboxylic acids is 1. The number of carboxylic acid groups (broad SMARTS) is 1. The molecule has 6 heteroatoms. The van der Waals surface area contributed by atoms with Gasteiger partial charge in [-0.15, -0.1) is 0 Å². The Morgan fingerprint density at radius 1 is 1.06 bits per heavy atom. The van der Waals surface area contributed by atoms with E-state index in [9.17, 15) is 9.90 Å². The summed E-state index contributed by atoms with van der Waals surface area (Å²) in [5, 5.41) is 18.4. The van der Waals surface area contributed by atoms with Gasteiger partial charge < -0.3 is 19.4 Å². The Balaban J connectivity index is 1.23. The Kier molecular flexibility index (Phi) is 6.87. The highest BCUT2D eigenvalue weighted by Crippen LogP contribution is 2.37. The monoisotopic (exact) mass is 483 g/mol. The van der Waals surface area contributed by atoms with E-state index in [-0.39, 0.29) is 18.9 Å². The molecule has 4 aromatic rings. The molecule has 36 heavy (non-hydrogen) atoms. The van der Waals surface area contributed by atoms with Crippen LogP contribution in [-0.4, -0.2) is 27.8 Å². The quantitative estimate of drug-likeness (QED) is 0.306. The van der Waals surface area contributed by atoms with E-state index in [1.165, 1.54) is 5.56 Å². The summed E-state index contributed by atoms with van der Waals surface area (Å²) in [5.74, 6) is 1.50. The van der Waals surface area contributed by atoms with Crippen molar-refractivity contribution < 1.29 is 24.2 Å². The van der Waals surface area contributed by atoms with Crippen LogP contribution in [0, 0.1) is 6.92 Å². The van der Waals surface area contributed by atoms with E-state index in [0.717, 1.165) is 57.9 Å². The van der Waals surface area contributed by atoms with Gasteiger partial charge in [0, 0.05) is 12.0 Å². The van der Waals surface area contributed by atoms with Crippen molar-refractivity contribution in [2.24, 2.45) is 0 Å². The van der Waals surface area contributed by atoms with Crippen LogP contribution < -0.4 is 4.74 Å². The first-order valence-electron chi connectivity index (χ1n) is 12.2. The van der Waals surface area contributed by atoms with Gasteiger partial charge in [0.25, 0.3) is 0 Å². The average molecular weight is 484 g/mol. The second kappa shape index (κ2) is 10.4. The fourth-order valence-electron chi connectivity index (χ4n) is 4.88. The van der Waals surface area contributed by atoms with Crippen LogP contribution in [0.15, 0.2) is 71.1 Å². The van der Waals surface area contributed by atoms with Crippen molar-refractivity contribution in [1.82, 2.24) is 4.98 Å². The number of rotatable bonds is 9. The van der Waals surface area contributed by atoms with E-state index in [1.807, 2.05) is 67.6 Å². The van der Waals surface area contributed by atoms with E-state index in [2.05, 4.69) is 6.07 Å². The van der Waals surface area contributed by atoms with Gasteiger partial charge in [-0.25, -0.2) is 4.98 Å².